The van der Waals surface area contributed by atoms with Crippen LogP contribution in [0.25, 0.3) is 0 Å². The fraction of sp³-hybridized carbons (Fsp3) is 0.429. The van der Waals surface area contributed by atoms with Crippen molar-refractivity contribution in [3.05, 3.63) is 28.2 Å². The number of hydrogen-bond donors (Lipinski definition) is 3. The van der Waals surface area contributed by atoms with Crippen LogP contribution in [-0.4, -0.2) is 48.2 Å². The molecule has 2 amide bonds. The first-order valence-corrected chi connectivity index (χ1v) is 7.57. The highest BCUT2D eigenvalue weighted by molar-refractivity contribution is 9.10. The summed E-state index contributed by atoms with van der Waals surface area (Å²) < 4.78 is 0.646. The number of carboxylic acid groups (broad SMARTS) is 1. The van der Waals surface area contributed by atoms with Gasteiger partial charge in [-0.3, -0.25) is 0 Å². The molecule has 21 heavy (non-hydrogen) atoms. The Kier molecular flexibility index (Phi) is 7.18. The Morgan fingerprint density at radius 3 is 2.52 bits per heavy atom. The molecule has 0 aliphatic carbocycles. The lowest BCUT2D eigenvalue weighted by molar-refractivity contribution is 0.0698. The molecule has 0 aromatic heterocycles. The Morgan fingerprint density at radius 1 is 1.29 bits per heavy atom. The standard InChI is InChI=1S/C14H20BrN3O3/c1-3-18(4-2)8-7-16-14(21)17-12-6-5-10(15)9-11(12)13(19)20/h5-6,9H,3-4,7-8H2,1-2H3,(H,19,20)(H2,16,17,21). The van der Waals surface area contributed by atoms with Crippen LogP contribution in [0.3, 0.4) is 0 Å². The van der Waals surface area contributed by atoms with Gasteiger partial charge in [0.1, 0.15) is 0 Å². The zero-order chi connectivity index (χ0) is 15.8. The number of likely N-dealkylation sites (N-methyl/N-ethyl adjacent to an activating group) is 1. The van der Waals surface area contributed by atoms with E-state index in [4.69, 9.17) is 5.11 Å². The fourth-order valence-corrected chi connectivity index (χ4v) is 2.20. The SMILES string of the molecule is CCN(CC)CCNC(=O)Nc1ccc(Br)cc1C(=O)O. The number of amides is 2. The molecule has 0 radical (unpaired) electrons. The number of rotatable bonds is 7. The number of nitrogens with one attached hydrogen (secondary N) is 2. The highest BCUT2D eigenvalue weighted by Gasteiger charge is 2.12. The second-order valence-corrected chi connectivity index (χ2v) is 5.32. The zero-order valence-corrected chi connectivity index (χ0v) is 13.7. The minimum atomic E-state index is -1.09. The van der Waals surface area contributed by atoms with Crippen LogP contribution >= 0.6 is 15.9 Å². The van der Waals surface area contributed by atoms with Crippen LogP contribution in [0.1, 0.15) is 24.2 Å². The summed E-state index contributed by atoms with van der Waals surface area (Å²) in [5.74, 6) is -1.09. The molecular formula is C14H20BrN3O3. The summed E-state index contributed by atoms with van der Waals surface area (Å²) in [6.07, 6.45) is 0. The van der Waals surface area contributed by atoms with Crippen LogP contribution in [0.4, 0.5) is 10.5 Å². The van der Waals surface area contributed by atoms with E-state index < -0.39 is 12.0 Å². The highest BCUT2D eigenvalue weighted by Crippen LogP contribution is 2.21. The molecule has 0 unspecified atom stereocenters. The van der Waals surface area contributed by atoms with Gasteiger partial charge in [0.25, 0.3) is 0 Å². The molecule has 1 rings (SSSR count). The minimum Gasteiger partial charge on any atom is -0.478 e. The van der Waals surface area contributed by atoms with E-state index in [2.05, 4.69) is 45.3 Å². The van der Waals surface area contributed by atoms with Gasteiger partial charge in [-0.1, -0.05) is 29.8 Å². The molecule has 0 bridgehead atoms. The molecule has 3 N–H and O–H groups in total. The van der Waals surface area contributed by atoms with Crippen LogP contribution in [-0.2, 0) is 0 Å². The Balaban J connectivity index is 2.57. The quantitative estimate of drug-likeness (QED) is 0.700. The Morgan fingerprint density at radius 2 is 1.95 bits per heavy atom. The molecule has 0 aliphatic rings. The fourth-order valence-electron chi connectivity index (χ4n) is 1.84. The number of hydrogen-bond acceptors (Lipinski definition) is 3. The first-order valence-electron chi connectivity index (χ1n) is 6.78. The van der Waals surface area contributed by atoms with Gasteiger partial charge in [0.05, 0.1) is 11.3 Å². The molecule has 7 heteroatoms. The van der Waals surface area contributed by atoms with E-state index in [9.17, 15) is 9.59 Å². The number of aromatic carboxylic acids is 1. The summed E-state index contributed by atoms with van der Waals surface area (Å²) in [6.45, 7) is 7.24. The maximum Gasteiger partial charge on any atom is 0.337 e. The van der Waals surface area contributed by atoms with Crippen molar-refractivity contribution in [2.45, 2.75) is 13.8 Å². The van der Waals surface area contributed by atoms with Crippen LogP contribution in [0.15, 0.2) is 22.7 Å². The number of halogens is 1. The van der Waals surface area contributed by atoms with E-state index in [1.54, 1.807) is 12.1 Å². The molecule has 116 valence electrons. The summed E-state index contributed by atoms with van der Waals surface area (Å²) >= 11 is 3.21. The summed E-state index contributed by atoms with van der Waals surface area (Å²) in [5, 5.41) is 14.4. The average molecular weight is 358 g/mol. The number of nitrogens with zero attached hydrogens (tertiary/aromatic N) is 1. The van der Waals surface area contributed by atoms with E-state index in [0.717, 1.165) is 19.6 Å². The van der Waals surface area contributed by atoms with Crippen molar-refractivity contribution in [3.8, 4) is 0 Å². The largest absolute Gasteiger partial charge is 0.478 e. The van der Waals surface area contributed by atoms with E-state index in [1.165, 1.54) is 6.07 Å². The number of urea groups is 1. The summed E-state index contributed by atoms with van der Waals surface area (Å²) in [4.78, 5) is 25.1. The van der Waals surface area contributed by atoms with Gasteiger partial charge >= 0.3 is 12.0 Å². The normalized spacial score (nSPS) is 10.5. The van der Waals surface area contributed by atoms with Gasteiger partial charge in [0.15, 0.2) is 0 Å². The smallest absolute Gasteiger partial charge is 0.337 e. The minimum absolute atomic E-state index is 0.0447. The van der Waals surface area contributed by atoms with Crippen molar-refractivity contribution in [1.29, 1.82) is 0 Å². The van der Waals surface area contributed by atoms with E-state index in [0.29, 0.717) is 11.0 Å². The molecule has 1 aromatic carbocycles. The molecule has 0 atom stereocenters. The second-order valence-electron chi connectivity index (χ2n) is 4.40. The van der Waals surface area contributed by atoms with Gasteiger partial charge in [-0.05, 0) is 31.3 Å². The van der Waals surface area contributed by atoms with Gasteiger partial charge in [0.2, 0.25) is 0 Å². The first kappa shape index (κ1) is 17.5. The number of benzene rings is 1. The predicted octanol–water partition coefficient (Wildman–Crippen LogP) is 2.61. The van der Waals surface area contributed by atoms with Crippen LogP contribution in [0.5, 0.6) is 0 Å². The van der Waals surface area contributed by atoms with E-state index in [1.807, 2.05) is 0 Å². The van der Waals surface area contributed by atoms with E-state index in [-0.39, 0.29) is 11.3 Å². The molecule has 0 fully saturated rings. The van der Waals surface area contributed by atoms with Crippen LogP contribution in [0.2, 0.25) is 0 Å². The molecule has 6 nitrogen and oxygen atoms in total. The van der Waals surface area contributed by atoms with Gasteiger partial charge in [-0.15, -0.1) is 0 Å². The number of carbonyl (C=O) groups excluding carboxylic acids is 1. The van der Waals surface area contributed by atoms with Gasteiger partial charge < -0.3 is 20.6 Å². The van der Waals surface area contributed by atoms with Crippen LogP contribution in [0, 0.1) is 0 Å². The highest BCUT2D eigenvalue weighted by atomic mass is 79.9. The lowest BCUT2D eigenvalue weighted by Gasteiger charge is -2.18. The molecule has 0 heterocycles. The van der Waals surface area contributed by atoms with Gasteiger partial charge in [-0.25, -0.2) is 9.59 Å². The molecule has 0 saturated carbocycles. The van der Waals surface area contributed by atoms with E-state index >= 15 is 0 Å². The van der Waals surface area contributed by atoms with Crippen molar-refractivity contribution < 1.29 is 14.7 Å². The van der Waals surface area contributed by atoms with Crippen molar-refractivity contribution in [2.24, 2.45) is 0 Å². The van der Waals surface area contributed by atoms with Crippen LogP contribution < -0.4 is 10.6 Å². The van der Waals surface area contributed by atoms with Gasteiger partial charge in [-0.2, -0.15) is 0 Å². The van der Waals surface area contributed by atoms with Crippen molar-refractivity contribution in [1.82, 2.24) is 10.2 Å². The molecule has 1 aromatic rings. The average Bonchev–Trinajstić information content (AvgIpc) is 2.45. The third-order valence-corrected chi connectivity index (χ3v) is 3.56. The molecule has 0 spiro atoms. The lowest BCUT2D eigenvalue weighted by atomic mass is 10.2. The van der Waals surface area contributed by atoms with Crippen molar-refractivity contribution >= 4 is 33.6 Å². The monoisotopic (exact) mass is 357 g/mol. The van der Waals surface area contributed by atoms with Crippen molar-refractivity contribution in [2.75, 3.05) is 31.5 Å². The molecule has 0 saturated heterocycles. The number of anilines is 1. The Hall–Kier alpha value is -1.60. The molecule has 0 aliphatic heterocycles. The second kappa shape index (κ2) is 8.63. The topological polar surface area (TPSA) is 81.7 Å². The third-order valence-electron chi connectivity index (χ3n) is 3.07. The molecular weight excluding hydrogens is 338 g/mol. The van der Waals surface area contributed by atoms with Gasteiger partial charge in [0, 0.05) is 17.6 Å². The first-order chi connectivity index (χ1) is 9.97. The number of carboxylic acids is 1. The summed E-state index contributed by atoms with van der Waals surface area (Å²) in [6, 6.07) is 4.27. The Bertz CT molecular complexity index is 504. The maximum absolute atomic E-state index is 11.8. The van der Waals surface area contributed by atoms with Crippen molar-refractivity contribution in [3.63, 3.8) is 0 Å². The third kappa shape index (κ3) is 5.73. The predicted molar refractivity (Wildman–Crippen MR) is 85.9 cm³/mol. The number of carbonyl (C=O) groups is 2. The maximum atomic E-state index is 11.8. The zero-order valence-electron chi connectivity index (χ0n) is 12.1. The lowest BCUT2D eigenvalue weighted by Crippen LogP contribution is -2.37. The summed E-state index contributed by atoms with van der Waals surface area (Å²) in [7, 11) is 0. The summed E-state index contributed by atoms with van der Waals surface area (Å²) in [5.41, 5.74) is 0.314. The Labute approximate surface area is 132 Å².